The smallest absolute Gasteiger partial charge is 0.328 e. The minimum Gasteiger partial charge on any atom is -0.497 e. The van der Waals surface area contributed by atoms with Crippen LogP contribution in [0.1, 0.15) is 5.56 Å². The second-order valence-corrected chi connectivity index (χ2v) is 4.60. The number of halogens is 2. The quantitative estimate of drug-likeness (QED) is 0.846. The maximum absolute atomic E-state index is 13.8. The van der Waals surface area contributed by atoms with E-state index in [-0.39, 0.29) is 5.56 Å². The molecule has 5 heteroatoms. The number of carboxylic acid groups (broad SMARTS) is 1. The Labute approximate surface area is 126 Å². The molecule has 0 saturated heterocycles. The van der Waals surface area contributed by atoms with Crippen molar-refractivity contribution in [2.45, 2.75) is 5.92 Å². The number of methoxy groups -OCH3 is 1. The first-order valence-electron chi connectivity index (χ1n) is 6.47. The van der Waals surface area contributed by atoms with E-state index in [4.69, 9.17) is 9.84 Å². The zero-order valence-corrected chi connectivity index (χ0v) is 11.8. The number of hydrogen-bond acceptors (Lipinski definition) is 2. The first-order valence-corrected chi connectivity index (χ1v) is 6.47. The fourth-order valence-electron chi connectivity index (χ4n) is 1.94. The van der Waals surface area contributed by atoms with Crippen LogP contribution in [-0.2, 0) is 10.7 Å². The van der Waals surface area contributed by atoms with E-state index in [2.05, 4.69) is 0 Å². The summed E-state index contributed by atoms with van der Waals surface area (Å²) in [6, 6.07) is 12.9. The number of alkyl halides is 2. The van der Waals surface area contributed by atoms with Gasteiger partial charge in [0, 0.05) is 11.6 Å². The molecule has 2 rings (SSSR count). The summed E-state index contributed by atoms with van der Waals surface area (Å²) in [6.45, 7) is 0. The molecular weight excluding hydrogens is 290 g/mol. The van der Waals surface area contributed by atoms with Gasteiger partial charge in [-0.1, -0.05) is 36.4 Å². The van der Waals surface area contributed by atoms with E-state index >= 15 is 0 Å². The molecule has 0 aromatic heterocycles. The summed E-state index contributed by atoms with van der Waals surface area (Å²) in [5.41, 5.74) is 1.39. The Morgan fingerprint density at radius 1 is 1.05 bits per heavy atom. The minimum atomic E-state index is -3.32. The fourth-order valence-corrected chi connectivity index (χ4v) is 1.94. The van der Waals surface area contributed by atoms with Crippen molar-refractivity contribution >= 4 is 5.97 Å². The molecule has 3 nitrogen and oxygen atoms in total. The Balaban J connectivity index is 2.24. The van der Waals surface area contributed by atoms with Crippen molar-refractivity contribution in [2.24, 2.45) is 0 Å². The van der Waals surface area contributed by atoms with Crippen LogP contribution in [0.4, 0.5) is 8.78 Å². The third-order valence-corrected chi connectivity index (χ3v) is 3.13. The summed E-state index contributed by atoms with van der Waals surface area (Å²) in [4.78, 5) is 10.3. The summed E-state index contributed by atoms with van der Waals surface area (Å²) >= 11 is 0. The molecule has 0 aliphatic rings. The summed E-state index contributed by atoms with van der Waals surface area (Å²) in [7, 11) is 1.57. The van der Waals surface area contributed by atoms with Crippen LogP contribution in [0.25, 0.3) is 11.1 Å². The predicted molar refractivity (Wildman–Crippen MR) is 79.1 cm³/mol. The van der Waals surface area contributed by atoms with Gasteiger partial charge in [-0.25, -0.2) is 4.79 Å². The van der Waals surface area contributed by atoms with E-state index in [0.717, 1.165) is 11.1 Å². The second-order valence-electron chi connectivity index (χ2n) is 4.60. The van der Waals surface area contributed by atoms with E-state index < -0.39 is 11.9 Å². The van der Waals surface area contributed by atoms with Gasteiger partial charge in [0.1, 0.15) is 5.75 Å². The maximum atomic E-state index is 13.8. The molecule has 1 N–H and O–H groups in total. The summed E-state index contributed by atoms with van der Waals surface area (Å²) < 4.78 is 32.6. The van der Waals surface area contributed by atoms with E-state index in [0.29, 0.717) is 17.9 Å². The van der Waals surface area contributed by atoms with Crippen LogP contribution in [0.5, 0.6) is 5.75 Å². The van der Waals surface area contributed by atoms with Gasteiger partial charge in [-0.3, -0.25) is 0 Å². The molecule has 0 radical (unpaired) electrons. The molecule has 0 amide bonds. The molecule has 0 fully saturated rings. The van der Waals surface area contributed by atoms with Crippen molar-refractivity contribution in [1.82, 2.24) is 0 Å². The topological polar surface area (TPSA) is 46.5 Å². The SMILES string of the molecule is COc1ccc(-c2ccc(C(F)(F)/C=C/C(=O)O)cc2)cc1. The minimum absolute atomic E-state index is 0.262. The first kappa shape index (κ1) is 15.7. The van der Waals surface area contributed by atoms with Gasteiger partial charge in [0.25, 0.3) is 5.92 Å². The summed E-state index contributed by atoms with van der Waals surface area (Å²) in [6.07, 6.45) is 0.815. The molecule has 114 valence electrons. The third kappa shape index (κ3) is 3.69. The molecule has 22 heavy (non-hydrogen) atoms. The zero-order chi connectivity index (χ0) is 16.2. The summed E-state index contributed by atoms with van der Waals surface area (Å²) in [5, 5.41) is 8.43. The molecule has 0 aliphatic heterocycles. The van der Waals surface area contributed by atoms with Crippen molar-refractivity contribution in [2.75, 3.05) is 7.11 Å². The van der Waals surface area contributed by atoms with Gasteiger partial charge in [0.15, 0.2) is 0 Å². The Morgan fingerprint density at radius 3 is 2.00 bits per heavy atom. The number of aliphatic carboxylic acids is 1. The predicted octanol–water partition coefficient (Wildman–Crippen LogP) is 4.09. The highest BCUT2D eigenvalue weighted by Crippen LogP contribution is 2.31. The zero-order valence-electron chi connectivity index (χ0n) is 11.8. The number of hydrogen-bond donors (Lipinski definition) is 1. The lowest BCUT2D eigenvalue weighted by molar-refractivity contribution is -0.131. The highest BCUT2D eigenvalue weighted by Gasteiger charge is 2.28. The fraction of sp³-hybridized carbons (Fsp3) is 0.118. The van der Waals surface area contributed by atoms with Crippen molar-refractivity contribution in [3.8, 4) is 16.9 Å². The molecule has 2 aromatic carbocycles. The van der Waals surface area contributed by atoms with Gasteiger partial charge in [-0.2, -0.15) is 8.78 Å². The van der Waals surface area contributed by atoms with E-state index in [1.807, 2.05) is 12.1 Å². The van der Waals surface area contributed by atoms with Crippen LogP contribution in [0, 0.1) is 0 Å². The standard InChI is InChI=1S/C17H14F2O3/c1-22-15-8-4-13(5-9-15)12-2-6-14(7-3-12)17(18,19)11-10-16(20)21/h2-11H,1H3,(H,20,21)/b11-10+. The van der Waals surface area contributed by atoms with Gasteiger partial charge in [-0.05, 0) is 29.3 Å². The van der Waals surface area contributed by atoms with Crippen molar-refractivity contribution < 1.29 is 23.4 Å². The number of carbonyl (C=O) groups is 1. The van der Waals surface area contributed by atoms with Crippen molar-refractivity contribution in [3.63, 3.8) is 0 Å². The molecule has 0 atom stereocenters. The van der Waals surface area contributed by atoms with Crippen molar-refractivity contribution in [1.29, 1.82) is 0 Å². The molecule has 2 aromatic rings. The Morgan fingerprint density at radius 2 is 1.55 bits per heavy atom. The summed E-state index contributed by atoms with van der Waals surface area (Å²) in [5.74, 6) is -4.02. The van der Waals surface area contributed by atoms with E-state index in [1.165, 1.54) is 12.1 Å². The van der Waals surface area contributed by atoms with Gasteiger partial charge in [0.2, 0.25) is 0 Å². The van der Waals surface area contributed by atoms with Gasteiger partial charge in [-0.15, -0.1) is 0 Å². The normalized spacial score (nSPS) is 11.6. The largest absolute Gasteiger partial charge is 0.497 e. The van der Waals surface area contributed by atoms with Crippen LogP contribution in [0.3, 0.4) is 0 Å². The average Bonchev–Trinajstić information content (AvgIpc) is 2.53. The van der Waals surface area contributed by atoms with Crippen LogP contribution in [-0.4, -0.2) is 18.2 Å². The first-order chi connectivity index (χ1) is 10.4. The molecule has 0 bridgehead atoms. The van der Waals surface area contributed by atoms with Crippen LogP contribution in [0.2, 0.25) is 0 Å². The van der Waals surface area contributed by atoms with Gasteiger partial charge in [0.05, 0.1) is 7.11 Å². The van der Waals surface area contributed by atoms with Crippen LogP contribution >= 0.6 is 0 Å². The Hall–Kier alpha value is -2.69. The van der Waals surface area contributed by atoms with Gasteiger partial charge >= 0.3 is 5.97 Å². The maximum Gasteiger partial charge on any atom is 0.328 e. The Bertz CT molecular complexity index is 674. The second kappa shape index (κ2) is 6.39. The molecule has 0 spiro atoms. The lowest BCUT2D eigenvalue weighted by Gasteiger charge is -2.12. The van der Waals surface area contributed by atoms with E-state index in [9.17, 15) is 13.6 Å². The number of ether oxygens (including phenoxy) is 1. The average molecular weight is 304 g/mol. The van der Waals surface area contributed by atoms with E-state index in [1.54, 1.807) is 31.4 Å². The molecule has 0 unspecified atom stereocenters. The molecular formula is C17H14F2O3. The number of rotatable bonds is 5. The third-order valence-electron chi connectivity index (χ3n) is 3.13. The molecule has 0 saturated carbocycles. The molecule has 0 aliphatic carbocycles. The highest BCUT2D eigenvalue weighted by molar-refractivity contribution is 5.80. The number of carboxylic acids is 1. The lowest BCUT2D eigenvalue weighted by atomic mass is 10.0. The van der Waals surface area contributed by atoms with Crippen molar-refractivity contribution in [3.05, 3.63) is 66.2 Å². The van der Waals surface area contributed by atoms with Crippen LogP contribution < -0.4 is 4.74 Å². The Kier molecular flexibility index (Phi) is 4.56. The van der Waals surface area contributed by atoms with Crippen LogP contribution in [0.15, 0.2) is 60.7 Å². The van der Waals surface area contributed by atoms with Gasteiger partial charge < -0.3 is 9.84 Å². The number of allylic oxidation sites excluding steroid dienone is 1. The monoisotopic (exact) mass is 304 g/mol. The lowest BCUT2D eigenvalue weighted by Crippen LogP contribution is -2.10. The highest BCUT2D eigenvalue weighted by atomic mass is 19.3. The molecule has 0 heterocycles. The number of benzene rings is 2.